The van der Waals surface area contributed by atoms with Gasteiger partial charge in [0.25, 0.3) is 5.91 Å². The van der Waals surface area contributed by atoms with Crippen molar-refractivity contribution in [3.05, 3.63) is 63.9 Å². The van der Waals surface area contributed by atoms with E-state index in [9.17, 15) is 9.59 Å². The molecule has 0 aliphatic heterocycles. The molecular formula is C19H20N4O2S. The number of amides is 2. The molecule has 2 aromatic heterocycles. The van der Waals surface area contributed by atoms with E-state index in [-0.39, 0.29) is 11.8 Å². The second-order valence-electron chi connectivity index (χ2n) is 5.96. The summed E-state index contributed by atoms with van der Waals surface area (Å²) in [7, 11) is 0. The van der Waals surface area contributed by atoms with Gasteiger partial charge in [-0.15, -0.1) is 11.3 Å². The van der Waals surface area contributed by atoms with E-state index < -0.39 is 0 Å². The lowest BCUT2D eigenvalue weighted by atomic mass is 10.2. The van der Waals surface area contributed by atoms with E-state index in [0.29, 0.717) is 11.4 Å². The maximum atomic E-state index is 12.4. The smallest absolute Gasteiger partial charge is 0.265 e. The predicted octanol–water partition coefficient (Wildman–Crippen LogP) is 3.44. The molecule has 0 radical (unpaired) electrons. The number of carbonyl (C=O) groups excluding carboxylic acids is 2. The number of benzene rings is 1. The van der Waals surface area contributed by atoms with Crippen LogP contribution in [0.2, 0.25) is 0 Å². The zero-order valence-electron chi connectivity index (χ0n) is 14.9. The van der Waals surface area contributed by atoms with Crippen molar-refractivity contribution in [3.8, 4) is 5.69 Å². The molecule has 0 spiro atoms. The third kappa shape index (κ3) is 4.00. The highest BCUT2D eigenvalue weighted by atomic mass is 32.1. The molecule has 2 amide bonds. The molecule has 134 valence electrons. The number of aryl methyl sites for hydroxylation is 1. The van der Waals surface area contributed by atoms with Crippen molar-refractivity contribution in [1.82, 2.24) is 14.9 Å². The van der Waals surface area contributed by atoms with Crippen LogP contribution in [0.1, 0.15) is 32.9 Å². The lowest BCUT2D eigenvalue weighted by Crippen LogP contribution is -2.18. The summed E-state index contributed by atoms with van der Waals surface area (Å²) in [5, 5.41) is 5.62. The monoisotopic (exact) mass is 368 g/mol. The van der Waals surface area contributed by atoms with E-state index in [1.54, 1.807) is 12.4 Å². The molecule has 0 fully saturated rings. The van der Waals surface area contributed by atoms with Gasteiger partial charge in [-0.3, -0.25) is 9.59 Å². The minimum absolute atomic E-state index is 0.0900. The largest absolute Gasteiger partial charge is 0.351 e. The average Bonchev–Trinajstić information content (AvgIpc) is 3.22. The van der Waals surface area contributed by atoms with Gasteiger partial charge in [-0.05, 0) is 50.2 Å². The molecule has 3 aromatic rings. The van der Waals surface area contributed by atoms with Crippen LogP contribution in [0.4, 0.5) is 5.69 Å². The Morgan fingerprint density at radius 2 is 1.85 bits per heavy atom. The number of nitrogens with one attached hydrogen (secondary N) is 2. The van der Waals surface area contributed by atoms with Crippen molar-refractivity contribution in [2.24, 2.45) is 0 Å². The van der Waals surface area contributed by atoms with Gasteiger partial charge in [-0.25, -0.2) is 4.98 Å². The van der Waals surface area contributed by atoms with E-state index in [0.717, 1.165) is 27.6 Å². The minimum Gasteiger partial charge on any atom is -0.351 e. The summed E-state index contributed by atoms with van der Waals surface area (Å²) >= 11 is 1.37. The SMILES string of the molecule is CC(=O)NCc1ccc(C(=O)Nc2ccc(-n3cnc(C)c3C)cc2)s1. The van der Waals surface area contributed by atoms with Crippen LogP contribution in [0.15, 0.2) is 42.7 Å². The number of rotatable bonds is 5. The number of imidazole rings is 1. The van der Waals surface area contributed by atoms with Gasteiger partial charge in [0.1, 0.15) is 0 Å². The standard InChI is InChI=1S/C19H20N4O2S/c1-12-13(2)23(11-21-12)16-6-4-15(5-7-16)22-19(25)18-9-8-17(26-18)10-20-14(3)24/h4-9,11H,10H2,1-3H3,(H,20,24)(H,22,25). The maximum Gasteiger partial charge on any atom is 0.265 e. The molecule has 6 nitrogen and oxygen atoms in total. The fraction of sp³-hybridized carbons (Fsp3) is 0.211. The first-order valence-electron chi connectivity index (χ1n) is 8.19. The number of anilines is 1. The summed E-state index contributed by atoms with van der Waals surface area (Å²) in [6.45, 7) is 5.90. The average molecular weight is 368 g/mol. The van der Waals surface area contributed by atoms with Crippen molar-refractivity contribution in [2.75, 3.05) is 5.32 Å². The Kier molecular flexibility index (Phi) is 5.18. The van der Waals surface area contributed by atoms with E-state index in [4.69, 9.17) is 0 Å². The van der Waals surface area contributed by atoms with Gasteiger partial charge in [0, 0.05) is 28.9 Å². The number of hydrogen-bond donors (Lipinski definition) is 2. The summed E-state index contributed by atoms with van der Waals surface area (Å²) in [5.41, 5.74) is 3.81. The molecule has 0 atom stereocenters. The van der Waals surface area contributed by atoms with Crippen molar-refractivity contribution >= 4 is 28.8 Å². The Labute approximate surface area is 155 Å². The third-order valence-electron chi connectivity index (χ3n) is 4.05. The van der Waals surface area contributed by atoms with E-state index in [1.807, 2.05) is 48.7 Å². The molecule has 3 rings (SSSR count). The van der Waals surface area contributed by atoms with Gasteiger partial charge in [0.05, 0.1) is 23.4 Å². The summed E-state index contributed by atoms with van der Waals surface area (Å²) in [6.07, 6.45) is 1.79. The van der Waals surface area contributed by atoms with Crippen LogP contribution in [0.25, 0.3) is 5.69 Å². The predicted molar refractivity (Wildman–Crippen MR) is 103 cm³/mol. The van der Waals surface area contributed by atoms with Crippen LogP contribution >= 0.6 is 11.3 Å². The van der Waals surface area contributed by atoms with Crippen LogP contribution in [0, 0.1) is 13.8 Å². The molecule has 0 aliphatic carbocycles. The normalized spacial score (nSPS) is 10.6. The molecule has 2 heterocycles. The van der Waals surface area contributed by atoms with Crippen LogP contribution < -0.4 is 10.6 Å². The van der Waals surface area contributed by atoms with Gasteiger partial charge in [0.15, 0.2) is 0 Å². The van der Waals surface area contributed by atoms with E-state index >= 15 is 0 Å². The van der Waals surface area contributed by atoms with E-state index in [1.165, 1.54) is 18.3 Å². The second-order valence-corrected chi connectivity index (χ2v) is 7.13. The maximum absolute atomic E-state index is 12.4. The quantitative estimate of drug-likeness (QED) is 0.724. The van der Waals surface area contributed by atoms with Gasteiger partial charge in [0.2, 0.25) is 5.91 Å². The molecule has 0 bridgehead atoms. The zero-order chi connectivity index (χ0) is 18.7. The summed E-state index contributed by atoms with van der Waals surface area (Å²) in [6, 6.07) is 11.2. The fourth-order valence-corrected chi connectivity index (χ4v) is 3.31. The highest BCUT2D eigenvalue weighted by Crippen LogP contribution is 2.20. The molecule has 26 heavy (non-hydrogen) atoms. The lowest BCUT2D eigenvalue weighted by Gasteiger charge is -2.08. The highest BCUT2D eigenvalue weighted by molar-refractivity contribution is 7.14. The van der Waals surface area contributed by atoms with Crippen molar-refractivity contribution in [3.63, 3.8) is 0 Å². The number of carbonyl (C=O) groups is 2. The molecule has 0 unspecified atom stereocenters. The van der Waals surface area contributed by atoms with Gasteiger partial charge >= 0.3 is 0 Å². The number of aromatic nitrogens is 2. The van der Waals surface area contributed by atoms with Gasteiger partial charge in [-0.2, -0.15) is 0 Å². The Hall–Kier alpha value is -2.93. The van der Waals surface area contributed by atoms with Crippen LogP contribution in [-0.4, -0.2) is 21.4 Å². The third-order valence-corrected chi connectivity index (χ3v) is 5.14. The van der Waals surface area contributed by atoms with E-state index in [2.05, 4.69) is 15.6 Å². The number of nitrogens with zero attached hydrogens (tertiary/aromatic N) is 2. The topological polar surface area (TPSA) is 76.0 Å². The first kappa shape index (κ1) is 17.9. The molecular weight excluding hydrogens is 348 g/mol. The molecule has 0 aliphatic rings. The zero-order valence-corrected chi connectivity index (χ0v) is 15.7. The summed E-state index contributed by atoms with van der Waals surface area (Å²) in [4.78, 5) is 29.2. The Balaban J connectivity index is 1.66. The Bertz CT molecular complexity index is 941. The van der Waals surface area contributed by atoms with Gasteiger partial charge in [-0.1, -0.05) is 0 Å². The summed E-state index contributed by atoms with van der Waals surface area (Å²) < 4.78 is 2.01. The molecule has 2 N–H and O–H groups in total. The fourth-order valence-electron chi connectivity index (χ4n) is 2.46. The second kappa shape index (κ2) is 7.53. The van der Waals surface area contributed by atoms with Crippen LogP contribution in [-0.2, 0) is 11.3 Å². The van der Waals surface area contributed by atoms with Crippen molar-refractivity contribution < 1.29 is 9.59 Å². The minimum atomic E-state index is -0.161. The van der Waals surface area contributed by atoms with Crippen LogP contribution in [0.3, 0.4) is 0 Å². The summed E-state index contributed by atoms with van der Waals surface area (Å²) in [5.74, 6) is -0.251. The Morgan fingerprint density at radius 3 is 2.46 bits per heavy atom. The van der Waals surface area contributed by atoms with Gasteiger partial charge < -0.3 is 15.2 Å². The highest BCUT2D eigenvalue weighted by Gasteiger charge is 2.10. The van der Waals surface area contributed by atoms with Crippen molar-refractivity contribution in [2.45, 2.75) is 27.3 Å². The molecule has 7 heteroatoms. The molecule has 1 aromatic carbocycles. The van der Waals surface area contributed by atoms with Crippen LogP contribution in [0.5, 0.6) is 0 Å². The lowest BCUT2D eigenvalue weighted by molar-refractivity contribution is -0.119. The molecule has 0 saturated heterocycles. The first-order chi connectivity index (χ1) is 12.4. The first-order valence-corrected chi connectivity index (χ1v) is 9.01. The number of thiophene rings is 1. The Morgan fingerprint density at radius 1 is 1.12 bits per heavy atom. The van der Waals surface area contributed by atoms with Crippen molar-refractivity contribution in [1.29, 1.82) is 0 Å². The molecule has 0 saturated carbocycles. The number of hydrogen-bond acceptors (Lipinski definition) is 4.